The van der Waals surface area contributed by atoms with Crippen molar-refractivity contribution in [2.75, 3.05) is 5.32 Å². The highest BCUT2D eigenvalue weighted by atomic mass is 35.5. The van der Waals surface area contributed by atoms with Crippen molar-refractivity contribution in [1.82, 2.24) is 15.0 Å². The number of anilines is 2. The first kappa shape index (κ1) is 18.1. The summed E-state index contributed by atoms with van der Waals surface area (Å²) < 4.78 is 0. The van der Waals surface area contributed by atoms with E-state index >= 15 is 0 Å². The van der Waals surface area contributed by atoms with Gasteiger partial charge in [0.15, 0.2) is 5.03 Å². The van der Waals surface area contributed by atoms with Crippen LogP contribution in [0.3, 0.4) is 0 Å². The third-order valence-corrected chi connectivity index (χ3v) is 5.27. The van der Waals surface area contributed by atoms with Crippen LogP contribution >= 0.6 is 23.4 Å². The summed E-state index contributed by atoms with van der Waals surface area (Å²) in [7, 11) is 0. The molecule has 0 spiro atoms. The van der Waals surface area contributed by atoms with Crippen molar-refractivity contribution in [2.45, 2.75) is 9.92 Å². The molecule has 0 radical (unpaired) electrons. The molecule has 2 aromatic heterocycles. The molecule has 1 N–H and O–H groups in total. The third kappa shape index (κ3) is 3.60. The van der Waals surface area contributed by atoms with E-state index in [1.807, 2.05) is 30.3 Å². The predicted molar refractivity (Wildman–Crippen MR) is 109 cm³/mol. The summed E-state index contributed by atoms with van der Waals surface area (Å²) in [5.74, 6) is 0.0730. The van der Waals surface area contributed by atoms with Crippen LogP contribution in [0.1, 0.15) is 0 Å². The van der Waals surface area contributed by atoms with Crippen molar-refractivity contribution in [3.05, 3.63) is 82.3 Å². The van der Waals surface area contributed by atoms with Gasteiger partial charge in [0.05, 0.1) is 21.2 Å². The van der Waals surface area contributed by atoms with Crippen LogP contribution in [0, 0.1) is 10.1 Å². The number of nitro groups is 1. The zero-order valence-electron chi connectivity index (χ0n) is 14.2. The smallest absolute Gasteiger partial charge is 0.333 e. The lowest BCUT2D eigenvalue weighted by Gasteiger charge is -2.10. The van der Waals surface area contributed by atoms with Crippen LogP contribution in [0.2, 0.25) is 5.02 Å². The molecule has 4 aromatic rings. The van der Waals surface area contributed by atoms with Gasteiger partial charge in [-0.1, -0.05) is 53.7 Å². The zero-order valence-corrected chi connectivity index (χ0v) is 15.8. The molecule has 0 unspecified atom stereocenters. The largest absolute Gasteiger partial charge is 0.343 e. The molecule has 9 heteroatoms. The second kappa shape index (κ2) is 7.79. The first-order valence-corrected chi connectivity index (χ1v) is 9.35. The lowest BCUT2D eigenvalue weighted by Crippen LogP contribution is -2.03. The van der Waals surface area contributed by atoms with Gasteiger partial charge in [-0.05, 0) is 24.3 Å². The highest BCUT2D eigenvalue weighted by molar-refractivity contribution is 7.99. The van der Waals surface area contributed by atoms with E-state index in [-0.39, 0.29) is 16.5 Å². The monoisotopic (exact) mass is 409 g/mol. The topological polar surface area (TPSA) is 93.8 Å². The van der Waals surface area contributed by atoms with Crippen LogP contribution in [-0.4, -0.2) is 19.9 Å². The molecule has 138 valence electrons. The summed E-state index contributed by atoms with van der Waals surface area (Å²) in [5.41, 5.74) is 1.05. The number of nitrogens with one attached hydrogen (secondary N) is 1. The molecule has 2 heterocycles. The normalized spacial score (nSPS) is 10.8. The molecule has 0 aliphatic heterocycles. The molecule has 0 amide bonds. The van der Waals surface area contributed by atoms with Crippen LogP contribution in [0.5, 0.6) is 0 Å². The van der Waals surface area contributed by atoms with Gasteiger partial charge >= 0.3 is 5.69 Å². The second-order valence-corrected chi connectivity index (χ2v) is 7.11. The van der Waals surface area contributed by atoms with E-state index in [0.29, 0.717) is 10.7 Å². The van der Waals surface area contributed by atoms with E-state index in [2.05, 4.69) is 20.3 Å². The molecule has 0 fully saturated rings. The van der Waals surface area contributed by atoms with Crippen LogP contribution < -0.4 is 5.32 Å². The summed E-state index contributed by atoms with van der Waals surface area (Å²) in [6.07, 6.45) is 2.97. The van der Waals surface area contributed by atoms with Crippen molar-refractivity contribution in [2.24, 2.45) is 0 Å². The minimum absolute atomic E-state index is 0.0730. The molecule has 28 heavy (non-hydrogen) atoms. The Morgan fingerprint density at radius 3 is 2.64 bits per heavy atom. The number of aromatic nitrogens is 3. The van der Waals surface area contributed by atoms with Crippen LogP contribution in [0.4, 0.5) is 17.2 Å². The van der Waals surface area contributed by atoms with Gasteiger partial charge in [-0.2, -0.15) is 0 Å². The second-order valence-electron chi connectivity index (χ2n) is 5.67. The third-order valence-electron chi connectivity index (χ3n) is 3.90. The molecule has 0 aliphatic carbocycles. The lowest BCUT2D eigenvalue weighted by molar-refractivity contribution is -0.387. The van der Waals surface area contributed by atoms with Crippen molar-refractivity contribution < 1.29 is 4.92 Å². The number of hydrogen-bond donors (Lipinski definition) is 1. The maximum Gasteiger partial charge on any atom is 0.343 e. The number of fused-ring (bicyclic) bond motifs is 1. The van der Waals surface area contributed by atoms with Crippen LogP contribution in [0.15, 0.2) is 77.0 Å². The number of hydrogen-bond acceptors (Lipinski definition) is 7. The summed E-state index contributed by atoms with van der Waals surface area (Å²) in [4.78, 5) is 24.6. The molecule has 0 bridgehead atoms. The molecule has 4 rings (SSSR count). The highest BCUT2D eigenvalue weighted by Gasteiger charge is 2.25. The zero-order chi connectivity index (χ0) is 19.5. The SMILES string of the molecule is O=[N+]([O-])c1c(Nc2ccccc2Cl)ncnc1Sc1cccc2cccnc12. The average Bonchev–Trinajstić information content (AvgIpc) is 2.70. The number of halogens is 1. The molecule has 2 aromatic carbocycles. The Labute approximate surface area is 169 Å². The summed E-state index contributed by atoms with van der Waals surface area (Å²) in [6, 6.07) is 16.4. The maximum atomic E-state index is 11.8. The molecule has 0 atom stereocenters. The average molecular weight is 410 g/mol. The van der Waals surface area contributed by atoms with E-state index in [0.717, 1.165) is 15.8 Å². The van der Waals surface area contributed by atoms with E-state index in [4.69, 9.17) is 11.6 Å². The fourth-order valence-electron chi connectivity index (χ4n) is 2.65. The van der Waals surface area contributed by atoms with Crippen molar-refractivity contribution >= 4 is 51.5 Å². The molecular weight excluding hydrogens is 398 g/mol. The Hall–Kier alpha value is -3.23. The molecule has 7 nitrogen and oxygen atoms in total. The van der Waals surface area contributed by atoms with Crippen LogP contribution in [-0.2, 0) is 0 Å². The summed E-state index contributed by atoms with van der Waals surface area (Å²) >= 11 is 7.32. The number of nitrogens with zero attached hydrogens (tertiary/aromatic N) is 4. The van der Waals surface area contributed by atoms with Crippen molar-refractivity contribution in [3.8, 4) is 0 Å². The highest BCUT2D eigenvalue weighted by Crippen LogP contribution is 2.40. The molecule has 0 saturated heterocycles. The van der Waals surface area contributed by atoms with Gasteiger partial charge in [0.1, 0.15) is 6.33 Å². The van der Waals surface area contributed by atoms with Crippen molar-refractivity contribution in [1.29, 1.82) is 0 Å². The fourth-order valence-corrected chi connectivity index (χ4v) is 3.82. The first-order chi connectivity index (χ1) is 13.6. The van der Waals surface area contributed by atoms with Crippen LogP contribution in [0.25, 0.3) is 10.9 Å². The van der Waals surface area contributed by atoms with E-state index in [1.165, 1.54) is 18.1 Å². The molecular formula is C19H12ClN5O2S. The van der Waals surface area contributed by atoms with Gasteiger partial charge in [-0.25, -0.2) is 9.97 Å². The molecule has 0 saturated carbocycles. The van der Waals surface area contributed by atoms with Crippen molar-refractivity contribution in [3.63, 3.8) is 0 Å². The Bertz CT molecular complexity index is 1180. The Balaban J connectivity index is 1.77. The van der Waals surface area contributed by atoms with E-state index in [1.54, 1.807) is 30.5 Å². The fraction of sp³-hybridized carbons (Fsp3) is 0. The van der Waals surface area contributed by atoms with E-state index < -0.39 is 4.92 Å². The Morgan fingerprint density at radius 2 is 1.82 bits per heavy atom. The van der Waals surface area contributed by atoms with E-state index in [9.17, 15) is 10.1 Å². The molecule has 0 aliphatic rings. The lowest BCUT2D eigenvalue weighted by atomic mass is 10.2. The first-order valence-electron chi connectivity index (χ1n) is 8.16. The minimum atomic E-state index is -0.500. The Morgan fingerprint density at radius 1 is 1.00 bits per heavy atom. The standard InChI is InChI=1S/C19H12ClN5O2S/c20-13-7-1-2-8-14(13)24-18-17(25(26)27)19(23-11-22-18)28-15-9-3-5-12-6-4-10-21-16(12)15/h1-11H,(H,22,23,24). The van der Waals surface area contributed by atoms with Gasteiger partial charge in [0.2, 0.25) is 5.82 Å². The van der Waals surface area contributed by atoms with Gasteiger partial charge in [-0.15, -0.1) is 0 Å². The number of benzene rings is 2. The number of pyridine rings is 1. The summed E-state index contributed by atoms with van der Waals surface area (Å²) in [5, 5.41) is 16.3. The number of para-hydroxylation sites is 2. The number of rotatable bonds is 5. The van der Waals surface area contributed by atoms with Gasteiger partial charge in [-0.3, -0.25) is 15.1 Å². The minimum Gasteiger partial charge on any atom is -0.333 e. The summed E-state index contributed by atoms with van der Waals surface area (Å²) in [6.45, 7) is 0. The van der Waals surface area contributed by atoms with Gasteiger partial charge < -0.3 is 5.32 Å². The van der Waals surface area contributed by atoms with Gasteiger partial charge in [0.25, 0.3) is 0 Å². The Kier molecular flexibility index (Phi) is 5.05. The maximum absolute atomic E-state index is 11.8. The van der Waals surface area contributed by atoms with Gasteiger partial charge in [0, 0.05) is 16.5 Å². The quantitative estimate of drug-likeness (QED) is 0.265. The predicted octanol–water partition coefficient (Wildman–Crippen LogP) is 5.48.